The minimum Gasteiger partial charge on any atom is -0.469 e. The molecule has 3 aromatic rings. The van der Waals surface area contributed by atoms with Crippen LogP contribution in [-0.4, -0.2) is 10.1 Å². The summed E-state index contributed by atoms with van der Waals surface area (Å²) in [5.74, 6) is 1.06. The number of nitrogen functional groups attached to an aromatic ring is 1. The molecule has 0 aliphatic rings. The lowest BCUT2D eigenvalue weighted by Gasteiger charge is -1.98. The van der Waals surface area contributed by atoms with Crippen LogP contribution in [-0.2, 0) is 0 Å². The van der Waals surface area contributed by atoms with Gasteiger partial charge in [0.25, 0.3) is 0 Å². The van der Waals surface area contributed by atoms with Crippen LogP contribution < -0.4 is 5.73 Å². The summed E-state index contributed by atoms with van der Waals surface area (Å²) in [6.45, 7) is 1.87. The van der Waals surface area contributed by atoms with Crippen molar-refractivity contribution in [3.63, 3.8) is 0 Å². The fourth-order valence-corrected chi connectivity index (χ4v) is 1.83. The third kappa shape index (κ3) is 1.66. The van der Waals surface area contributed by atoms with Crippen LogP contribution >= 0.6 is 0 Å². The summed E-state index contributed by atoms with van der Waals surface area (Å²) in [4.78, 5) is 4.26. The summed E-state index contributed by atoms with van der Waals surface area (Å²) < 4.78 is 10.3. The fraction of sp³-hybridized carbons (Fsp3) is 0.0769. The van der Waals surface area contributed by atoms with Crippen molar-refractivity contribution in [3.8, 4) is 22.5 Å². The zero-order valence-corrected chi connectivity index (χ0v) is 9.75. The molecule has 0 aromatic carbocycles. The molecule has 0 atom stereocenters. The maximum atomic E-state index is 5.82. The zero-order valence-electron chi connectivity index (χ0n) is 9.75. The molecule has 5 heteroatoms. The molecular formula is C13H11N3O2. The van der Waals surface area contributed by atoms with Crippen molar-refractivity contribution in [2.45, 2.75) is 6.92 Å². The Hall–Kier alpha value is -2.56. The van der Waals surface area contributed by atoms with Gasteiger partial charge in [-0.1, -0.05) is 11.2 Å². The molecule has 0 radical (unpaired) electrons. The van der Waals surface area contributed by atoms with E-state index in [0.717, 1.165) is 17.0 Å². The maximum Gasteiger partial charge on any atom is 0.232 e. The quantitative estimate of drug-likeness (QED) is 0.746. The normalized spacial score (nSPS) is 10.7. The molecule has 0 saturated carbocycles. The Bertz CT molecular complexity index is 671. The van der Waals surface area contributed by atoms with E-state index in [1.807, 2.05) is 31.2 Å². The van der Waals surface area contributed by atoms with Gasteiger partial charge in [0.2, 0.25) is 5.88 Å². The van der Waals surface area contributed by atoms with Crippen LogP contribution in [0.15, 0.2) is 45.7 Å². The van der Waals surface area contributed by atoms with Crippen LogP contribution in [0.4, 0.5) is 5.88 Å². The van der Waals surface area contributed by atoms with E-state index in [2.05, 4.69) is 10.1 Å². The smallest absolute Gasteiger partial charge is 0.232 e. The van der Waals surface area contributed by atoms with Gasteiger partial charge in [-0.2, -0.15) is 0 Å². The van der Waals surface area contributed by atoms with E-state index >= 15 is 0 Å². The summed E-state index contributed by atoms with van der Waals surface area (Å²) in [7, 11) is 0. The molecule has 0 amide bonds. The topological polar surface area (TPSA) is 78.1 Å². The van der Waals surface area contributed by atoms with E-state index in [1.165, 1.54) is 0 Å². The first-order valence-electron chi connectivity index (χ1n) is 5.48. The van der Waals surface area contributed by atoms with Gasteiger partial charge in [-0.25, -0.2) is 0 Å². The van der Waals surface area contributed by atoms with Gasteiger partial charge in [-0.15, -0.1) is 0 Å². The van der Waals surface area contributed by atoms with Crippen molar-refractivity contribution >= 4 is 5.88 Å². The third-order valence-electron chi connectivity index (χ3n) is 2.64. The minimum atomic E-state index is 0.252. The number of furan rings is 1. The van der Waals surface area contributed by atoms with E-state index in [0.29, 0.717) is 11.3 Å². The number of rotatable bonds is 2. The summed E-state index contributed by atoms with van der Waals surface area (Å²) in [5.41, 5.74) is 8.70. The standard InChI is InChI=1S/C13H11N3O2/c1-8-6-9(7-17-8)12-11(13(14)18-16-12)10-4-2-3-5-15-10/h2-7H,14H2,1H3. The second kappa shape index (κ2) is 4.03. The highest BCUT2D eigenvalue weighted by molar-refractivity contribution is 5.84. The van der Waals surface area contributed by atoms with Crippen LogP contribution in [0.1, 0.15) is 5.76 Å². The van der Waals surface area contributed by atoms with Crippen LogP contribution in [0, 0.1) is 6.92 Å². The minimum absolute atomic E-state index is 0.252. The average Bonchev–Trinajstić information content (AvgIpc) is 2.96. The molecule has 0 fully saturated rings. The van der Waals surface area contributed by atoms with E-state index in [-0.39, 0.29) is 5.88 Å². The highest BCUT2D eigenvalue weighted by Crippen LogP contribution is 2.35. The van der Waals surface area contributed by atoms with Crippen molar-refractivity contribution in [3.05, 3.63) is 42.5 Å². The van der Waals surface area contributed by atoms with Crippen molar-refractivity contribution in [1.29, 1.82) is 0 Å². The van der Waals surface area contributed by atoms with Crippen LogP contribution in [0.25, 0.3) is 22.5 Å². The number of nitrogens with zero attached hydrogens (tertiary/aromatic N) is 2. The first kappa shape index (κ1) is 10.6. The molecule has 5 nitrogen and oxygen atoms in total. The van der Waals surface area contributed by atoms with Crippen LogP contribution in [0.2, 0.25) is 0 Å². The van der Waals surface area contributed by atoms with Gasteiger partial charge in [0.15, 0.2) is 0 Å². The second-order valence-corrected chi connectivity index (χ2v) is 3.93. The number of hydrogen-bond donors (Lipinski definition) is 1. The molecule has 0 aliphatic heterocycles. The summed E-state index contributed by atoms with van der Waals surface area (Å²) in [6.07, 6.45) is 3.32. The van der Waals surface area contributed by atoms with Crippen molar-refractivity contribution in [1.82, 2.24) is 10.1 Å². The van der Waals surface area contributed by atoms with Gasteiger partial charge in [0, 0.05) is 11.8 Å². The van der Waals surface area contributed by atoms with Gasteiger partial charge in [-0.3, -0.25) is 4.98 Å². The predicted molar refractivity (Wildman–Crippen MR) is 66.6 cm³/mol. The highest BCUT2D eigenvalue weighted by atomic mass is 16.5. The molecule has 3 heterocycles. The Morgan fingerprint density at radius 1 is 1.28 bits per heavy atom. The van der Waals surface area contributed by atoms with E-state index in [4.69, 9.17) is 14.7 Å². The summed E-state index contributed by atoms with van der Waals surface area (Å²) >= 11 is 0. The van der Waals surface area contributed by atoms with E-state index in [9.17, 15) is 0 Å². The zero-order chi connectivity index (χ0) is 12.5. The summed E-state index contributed by atoms with van der Waals surface area (Å²) in [6, 6.07) is 7.47. The number of aromatic nitrogens is 2. The first-order valence-corrected chi connectivity index (χ1v) is 5.48. The van der Waals surface area contributed by atoms with Gasteiger partial charge >= 0.3 is 0 Å². The number of pyridine rings is 1. The third-order valence-corrected chi connectivity index (χ3v) is 2.64. The maximum absolute atomic E-state index is 5.82. The van der Waals surface area contributed by atoms with E-state index in [1.54, 1.807) is 12.5 Å². The number of anilines is 1. The Morgan fingerprint density at radius 3 is 2.83 bits per heavy atom. The molecule has 3 rings (SSSR count). The fourth-order valence-electron chi connectivity index (χ4n) is 1.83. The van der Waals surface area contributed by atoms with Crippen molar-refractivity contribution in [2.75, 3.05) is 5.73 Å². The Balaban J connectivity index is 2.18. The average molecular weight is 241 g/mol. The molecule has 18 heavy (non-hydrogen) atoms. The number of nitrogens with two attached hydrogens (primary N) is 1. The lowest BCUT2D eigenvalue weighted by Crippen LogP contribution is -1.89. The molecule has 0 saturated heterocycles. The SMILES string of the molecule is Cc1cc(-c2noc(N)c2-c2ccccn2)co1. The molecular weight excluding hydrogens is 230 g/mol. The highest BCUT2D eigenvalue weighted by Gasteiger charge is 2.19. The monoisotopic (exact) mass is 241 g/mol. The molecule has 0 spiro atoms. The first-order chi connectivity index (χ1) is 8.75. The van der Waals surface area contributed by atoms with Crippen molar-refractivity contribution in [2.24, 2.45) is 0 Å². The predicted octanol–water partition coefficient (Wildman–Crippen LogP) is 2.89. The van der Waals surface area contributed by atoms with Gasteiger partial charge < -0.3 is 14.7 Å². The van der Waals surface area contributed by atoms with Gasteiger partial charge in [-0.05, 0) is 25.1 Å². The lowest BCUT2D eigenvalue weighted by atomic mass is 10.1. The summed E-state index contributed by atoms with van der Waals surface area (Å²) in [5, 5.41) is 3.98. The number of aryl methyl sites for hydroxylation is 1. The molecule has 0 aliphatic carbocycles. The Morgan fingerprint density at radius 2 is 2.17 bits per heavy atom. The Labute approximate surface area is 103 Å². The van der Waals surface area contributed by atoms with Crippen LogP contribution in [0.3, 0.4) is 0 Å². The van der Waals surface area contributed by atoms with Gasteiger partial charge in [0.1, 0.15) is 17.7 Å². The van der Waals surface area contributed by atoms with Crippen LogP contribution in [0.5, 0.6) is 0 Å². The largest absolute Gasteiger partial charge is 0.469 e. The Kier molecular flexibility index (Phi) is 2.37. The van der Waals surface area contributed by atoms with Gasteiger partial charge in [0.05, 0.1) is 11.3 Å². The molecule has 90 valence electrons. The van der Waals surface area contributed by atoms with E-state index < -0.39 is 0 Å². The molecule has 3 aromatic heterocycles. The molecule has 0 unspecified atom stereocenters. The van der Waals surface area contributed by atoms with Crippen molar-refractivity contribution < 1.29 is 8.94 Å². The number of hydrogen-bond acceptors (Lipinski definition) is 5. The molecule has 0 bridgehead atoms. The molecule has 2 N–H and O–H groups in total. The second-order valence-electron chi connectivity index (χ2n) is 3.93. The lowest BCUT2D eigenvalue weighted by molar-refractivity contribution is 0.439.